The van der Waals surface area contributed by atoms with Gasteiger partial charge >= 0.3 is 0 Å². The molecule has 1 rings (SSSR count). The van der Waals surface area contributed by atoms with Crippen LogP contribution in [0.1, 0.15) is 5.56 Å². The zero-order valence-corrected chi connectivity index (χ0v) is 10.0. The van der Waals surface area contributed by atoms with Crippen molar-refractivity contribution in [2.24, 2.45) is 5.14 Å². The average molecular weight is 295 g/mol. The number of sulfonamides is 1. The smallest absolute Gasteiger partial charge is 0.258 e. The fraction of sp³-hybridized carbons (Fsp3) is 0.143. The molecule has 2 N–H and O–H groups in total. The predicted molar refractivity (Wildman–Crippen MR) is 56.9 cm³/mol. The van der Waals surface area contributed by atoms with Gasteiger partial charge in [-0.1, -0.05) is 0 Å². The summed E-state index contributed by atoms with van der Waals surface area (Å²) in [6, 6.07) is 2.51. The van der Waals surface area contributed by atoms with E-state index in [2.05, 4.69) is 15.9 Å². The van der Waals surface area contributed by atoms with Crippen LogP contribution >= 0.6 is 15.9 Å². The van der Waals surface area contributed by atoms with Gasteiger partial charge in [0, 0.05) is 5.56 Å². The summed E-state index contributed by atoms with van der Waals surface area (Å²) in [5, 5.41) is 15.6. The molecule has 0 heterocycles. The van der Waals surface area contributed by atoms with Crippen molar-refractivity contribution >= 4 is 31.6 Å². The standard InChI is InChI=1S/C7H7BrN2O4S/c1-4-6(15(9,13)14)3-2-5(8)7(4)10(11)12/h2-3H,1H3,(H2,9,13,14). The Labute approximate surface area is 94.4 Å². The van der Waals surface area contributed by atoms with E-state index in [9.17, 15) is 18.5 Å². The Hall–Kier alpha value is -0.990. The van der Waals surface area contributed by atoms with Gasteiger partial charge in [0.25, 0.3) is 5.69 Å². The molecule has 1 aromatic rings. The lowest BCUT2D eigenvalue weighted by atomic mass is 10.2. The van der Waals surface area contributed by atoms with E-state index in [1.807, 2.05) is 0 Å². The zero-order valence-electron chi connectivity index (χ0n) is 7.60. The first-order valence-electron chi connectivity index (χ1n) is 3.71. The van der Waals surface area contributed by atoms with Crippen LogP contribution in [0.3, 0.4) is 0 Å². The molecule has 6 nitrogen and oxygen atoms in total. The first-order valence-corrected chi connectivity index (χ1v) is 6.05. The van der Waals surface area contributed by atoms with Crippen LogP contribution in [0.25, 0.3) is 0 Å². The number of nitrogens with two attached hydrogens (primary N) is 1. The third-order valence-electron chi connectivity index (χ3n) is 1.82. The molecule has 0 saturated heterocycles. The van der Waals surface area contributed by atoms with E-state index in [1.54, 1.807) is 0 Å². The molecule has 0 unspecified atom stereocenters. The van der Waals surface area contributed by atoms with Crippen molar-refractivity contribution in [1.29, 1.82) is 0 Å². The van der Waals surface area contributed by atoms with Crippen LogP contribution in [0.15, 0.2) is 21.5 Å². The van der Waals surface area contributed by atoms with Crippen LogP contribution in [0.5, 0.6) is 0 Å². The van der Waals surface area contributed by atoms with Gasteiger partial charge in [-0.2, -0.15) is 0 Å². The van der Waals surface area contributed by atoms with Crippen LogP contribution in [-0.2, 0) is 10.0 Å². The Morgan fingerprint density at radius 2 is 2.00 bits per heavy atom. The Bertz CT molecular complexity index is 526. The highest BCUT2D eigenvalue weighted by atomic mass is 79.9. The number of halogens is 1. The summed E-state index contributed by atoms with van der Waals surface area (Å²) in [6.07, 6.45) is 0. The van der Waals surface area contributed by atoms with E-state index in [-0.39, 0.29) is 20.6 Å². The molecule has 0 spiro atoms. The number of rotatable bonds is 2. The third-order valence-corrected chi connectivity index (χ3v) is 3.52. The van der Waals surface area contributed by atoms with E-state index < -0.39 is 14.9 Å². The highest BCUT2D eigenvalue weighted by Gasteiger charge is 2.23. The molecule has 0 aliphatic carbocycles. The maximum Gasteiger partial charge on any atom is 0.287 e. The lowest BCUT2D eigenvalue weighted by Gasteiger charge is -2.04. The van der Waals surface area contributed by atoms with E-state index in [0.717, 1.165) is 0 Å². The van der Waals surface area contributed by atoms with Crippen LogP contribution in [0.4, 0.5) is 5.69 Å². The van der Waals surface area contributed by atoms with E-state index in [4.69, 9.17) is 5.14 Å². The summed E-state index contributed by atoms with van der Waals surface area (Å²) in [4.78, 5) is 9.76. The second-order valence-corrected chi connectivity index (χ2v) is 5.21. The zero-order chi connectivity index (χ0) is 11.8. The summed E-state index contributed by atoms with van der Waals surface area (Å²) in [5.74, 6) is 0. The summed E-state index contributed by atoms with van der Waals surface area (Å²) in [6.45, 7) is 1.34. The minimum atomic E-state index is -3.93. The maximum atomic E-state index is 11.1. The lowest BCUT2D eigenvalue weighted by molar-refractivity contribution is -0.386. The first kappa shape index (κ1) is 12.1. The van der Waals surface area contributed by atoms with Gasteiger partial charge in [0.05, 0.1) is 14.3 Å². The van der Waals surface area contributed by atoms with Gasteiger partial charge in [0.2, 0.25) is 10.0 Å². The average Bonchev–Trinajstić information content (AvgIpc) is 2.00. The number of primary sulfonamides is 1. The molecule has 15 heavy (non-hydrogen) atoms. The molecule has 0 aliphatic heterocycles. The number of nitro groups is 1. The second-order valence-electron chi connectivity index (χ2n) is 2.82. The topological polar surface area (TPSA) is 103 Å². The number of benzene rings is 1. The first-order chi connectivity index (χ1) is 6.75. The largest absolute Gasteiger partial charge is 0.287 e. The number of hydrogen-bond donors (Lipinski definition) is 1. The van der Waals surface area contributed by atoms with Gasteiger partial charge in [-0.15, -0.1) is 0 Å². The van der Waals surface area contributed by atoms with Crippen molar-refractivity contribution in [1.82, 2.24) is 0 Å². The van der Waals surface area contributed by atoms with Gasteiger partial charge in [0.1, 0.15) is 0 Å². The number of hydrogen-bond acceptors (Lipinski definition) is 4. The Morgan fingerprint density at radius 1 is 1.47 bits per heavy atom. The van der Waals surface area contributed by atoms with Crippen molar-refractivity contribution < 1.29 is 13.3 Å². The summed E-state index contributed by atoms with van der Waals surface area (Å²) in [7, 11) is -3.93. The molecule has 0 aromatic heterocycles. The summed E-state index contributed by atoms with van der Waals surface area (Å²) < 4.78 is 22.4. The highest BCUT2D eigenvalue weighted by molar-refractivity contribution is 9.10. The quantitative estimate of drug-likeness (QED) is 0.656. The van der Waals surface area contributed by atoms with Gasteiger partial charge in [-0.25, -0.2) is 13.6 Å². The molecule has 0 atom stereocenters. The molecule has 0 saturated carbocycles. The van der Waals surface area contributed by atoms with Crippen molar-refractivity contribution in [2.45, 2.75) is 11.8 Å². The van der Waals surface area contributed by atoms with Crippen LogP contribution in [0, 0.1) is 17.0 Å². The van der Waals surface area contributed by atoms with Crippen molar-refractivity contribution in [3.05, 3.63) is 32.3 Å². The van der Waals surface area contributed by atoms with Crippen LogP contribution in [-0.4, -0.2) is 13.3 Å². The van der Waals surface area contributed by atoms with Crippen molar-refractivity contribution in [2.75, 3.05) is 0 Å². The lowest BCUT2D eigenvalue weighted by Crippen LogP contribution is -2.14. The number of nitrogens with zero attached hydrogens (tertiary/aromatic N) is 1. The van der Waals surface area contributed by atoms with Crippen LogP contribution < -0.4 is 5.14 Å². The summed E-state index contributed by atoms with van der Waals surface area (Å²) in [5.41, 5.74) is -0.265. The fourth-order valence-electron chi connectivity index (χ4n) is 1.18. The fourth-order valence-corrected chi connectivity index (χ4v) is 2.54. The van der Waals surface area contributed by atoms with Crippen molar-refractivity contribution in [3.63, 3.8) is 0 Å². The monoisotopic (exact) mass is 294 g/mol. The molecular weight excluding hydrogens is 288 g/mol. The van der Waals surface area contributed by atoms with E-state index in [1.165, 1.54) is 19.1 Å². The van der Waals surface area contributed by atoms with Crippen LogP contribution in [0.2, 0.25) is 0 Å². The minimum absolute atomic E-state index is 0.0249. The SMILES string of the molecule is Cc1c(S(N)(=O)=O)ccc(Br)c1[N+](=O)[O-]. The van der Waals surface area contributed by atoms with E-state index >= 15 is 0 Å². The van der Waals surface area contributed by atoms with Gasteiger partial charge < -0.3 is 0 Å². The summed E-state index contributed by atoms with van der Waals surface area (Å²) >= 11 is 2.97. The van der Waals surface area contributed by atoms with Gasteiger partial charge in [-0.05, 0) is 35.0 Å². The van der Waals surface area contributed by atoms with Gasteiger partial charge in [0.15, 0.2) is 0 Å². The maximum absolute atomic E-state index is 11.1. The number of nitro benzene ring substituents is 1. The molecule has 8 heteroatoms. The van der Waals surface area contributed by atoms with E-state index in [0.29, 0.717) is 0 Å². The molecule has 82 valence electrons. The Balaban J connectivity index is 3.64. The minimum Gasteiger partial charge on any atom is -0.258 e. The molecule has 0 bridgehead atoms. The molecule has 1 aromatic carbocycles. The Morgan fingerprint density at radius 3 is 2.40 bits per heavy atom. The molecule has 0 fully saturated rings. The highest BCUT2D eigenvalue weighted by Crippen LogP contribution is 2.32. The normalized spacial score (nSPS) is 11.4. The molecule has 0 radical (unpaired) electrons. The van der Waals surface area contributed by atoms with Gasteiger partial charge in [-0.3, -0.25) is 10.1 Å². The van der Waals surface area contributed by atoms with Crippen molar-refractivity contribution in [3.8, 4) is 0 Å². The Kier molecular flexibility index (Phi) is 3.12. The molecule has 0 amide bonds. The second kappa shape index (κ2) is 3.87. The predicted octanol–water partition coefficient (Wildman–Crippen LogP) is 1.31. The molecular formula is C7H7BrN2O4S. The molecule has 0 aliphatic rings. The third kappa shape index (κ3) is 2.33.